The van der Waals surface area contributed by atoms with Gasteiger partial charge in [0.15, 0.2) is 0 Å². The molecule has 0 aromatic heterocycles. The fourth-order valence-corrected chi connectivity index (χ4v) is 3.39. The maximum Gasteiger partial charge on any atom is 0.126 e. The van der Waals surface area contributed by atoms with Crippen LogP contribution in [0.1, 0.15) is 44.6 Å². The molecule has 0 saturated carbocycles. The molecule has 0 amide bonds. The molecular formula is C18H27O3. The standard InChI is InChI=1S/C18H27O3/c1-6-15(13-9-10-21-18(2,3)12-13)16-8-7-14(19-4)11-17(16)20-5/h7-8,11,13,15H,1,6,9-10,12H2,2-5H3/t13-,15-/m0/s1. The van der Waals surface area contributed by atoms with E-state index < -0.39 is 0 Å². The van der Waals surface area contributed by atoms with E-state index in [-0.39, 0.29) is 5.60 Å². The van der Waals surface area contributed by atoms with Gasteiger partial charge in [-0.1, -0.05) is 13.0 Å². The van der Waals surface area contributed by atoms with Gasteiger partial charge in [-0.15, -0.1) is 0 Å². The van der Waals surface area contributed by atoms with Crippen LogP contribution in [0.25, 0.3) is 0 Å². The maximum absolute atomic E-state index is 5.85. The predicted octanol–water partition coefficient (Wildman–Crippen LogP) is 4.22. The molecule has 1 aliphatic rings. The molecule has 0 bridgehead atoms. The van der Waals surface area contributed by atoms with Crippen LogP contribution in [-0.4, -0.2) is 26.4 Å². The number of rotatable bonds is 5. The molecule has 3 heteroatoms. The first-order valence-corrected chi connectivity index (χ1v) is 7.66. The van der Waals surface area contributed by atoms with Gasteiger partial charge in [-0.2, -0.15) is 0 Å². The summed E-state index contributed by atoms with van der Waals surface area (Å²) in [5.74, 6) is 2.69. The van der Waals surface area contributed by atoms with Crippen molar-refractivity contribution in [1.82, 2.24) is 0 Å². The highest BCUT2D eigenvalue weighted by Crippen LogP contribution is 2.43. The molecule has 1 aliphatic heterocycles. The lowest BCUT2D eigenvalue weighted by molar-refractivity contribution is -0.0768. The Morgan fingerprint density at radius 3 is 2.67 bits per heavy atom. The number of benzene rings is 1. The van der Waals surface area contributed by atoms with E-state index in [1.165, 1.54) is 5.56 Å². The minimum atomic E-state index is -0.0456. The van der Waals surface area contributed by atoms with E-state index in [2.05, 4.69) is 26.8 Å². The maximum atomic E-state index is 5.85. The molecule has 2 rings (SSSR count). The van der Waals surface area contributed by atoms with Crippen molar-refractivity contribution in [2.45, 2.75) is 44.6 Å². The van der Waals surface area contributed by atoms with Crippen molar-refractivity contribution in [1.29, 1.82) is 0 Å². The first-order chi connectivity index (χ1) is 10.0. The minimum absolute atomic E-state index is 0.0456. The Labute approximate surface area is 128 Å². The smallest absolute Gasteiger partial charge is 0.126 e. The van der Waals surface area contributed by atoms with Crippen LogP contribution >= 0.6 is 0 Å². The zero-order valence-electron chi connectivity index (χ0n) is 13.6. The average Bonchev–Trinajstić information content (AvgIpc) is 2.47. The van der Waals surface area contributed by atoms with Crippen LogP contribution in [0.15, 0.2) is 18.2 Å². The van der Waals surface area contributed by atoms with Crippen molar-refractivity contribution in [3.05, 3.63) is 30.7 Å². The normalized spacial score (nSPS) is 22.6. The van der Waals surface area contributed by atoms with Gasteiger partial charge in [-0.05, 0) is 56.6 Å². The van der Waals surface area contributed by atoms with Crippen molar-refractivity contribution >= 4 is 0 Å². The van der Waals surface area contributed by atoms with Gasteiger partial charge in [-0.3, -0.25) is 0 Å². The summed E-state index contributed by atoms with van der Waals surface area (Å²) in [5.41, 5.74) is 1.19. The summed E-state index contributed by atoms with van der Waals surface area (Å²) in [5, 5.41) is 0. The van der Waals surface area contributed by atoms with Crippen molar-refractivity contribution in [2.24, 2.45) is 5.92 Å². The summed E-state index contributed by atoms with van der Waals surface area (Å²) in [6, 6.07) is 6.09. The van der Waals surface area contributed by atoms with Gasteiger partial charge in [0, 0.05) is 12.7 Å². The highest BCUT2D eigenvalue weighted by Gasteiger charge is 2.34. The zero-order valence-corrected chi connectivity index (χ0v) is 13.6. The van der Waals surface area contributed by atoms with Crippen LogP contribution in [0, 0.1) is 12.8 Å². The summed E-state index contributed by atoms with van der Waals surface area (Å²) in [7, 11) is 3.39. The van der Waals surface area contributed by atoms with Crippen LogP contribution in [0.2, 0.25) is 0 Å². The van der Waals surface area contributed by atoms with Crippen molar-refractivity contribution in [2.75, 3.05) is 20.8 Å². The molecule has 1 aromatic rings. The van der Waals surface area contributed by atoms with Crippen LogP contribution in [0.3, 0.4) is 0 Å². The molecule has 1 aromatic carbocycles. The van der Waals surface area contributed by atoms with E-state index in [0.29, 0.717) is 11.8 Å². The van der Waals surface area contributed by atoms with Gasteiger partial charge in [0.2, 0.25) is 0 Å². The van der Waals surface area contributed by atoms with E-state index in [4.69, 9.17) is 14.2 Å². The van der Waals surface area contributed by atoms with Gasteiger partial charge in [0.05, 0.1) is 19.8 Å². The van der Waals surface area contributed by atoms with Crippen molar-refractivity contribution < 1.29 is 14.2 Å². The summed E-state index contributed by atoms with van der Waals surface area (Å²) in [4.78, 5) is 0. The molecule has 1 fully saturated rings. The Hall–Kier alpha value is -1.22. The highest BCUT2D eigenvalue weighted by atomic mass is 16.5. The molecular weight excluding hydrogens is 264 g/mol. The number of hydrogen-bond donors (Lipinski definition) is 0. The largest absolute Gasteiger partial charge is 0.497 e. The second kappa shape index (κ2) is 6.69. The Balaban J connectivity index is 2.28. The number of methoxy groups -OCH3 is 2. The summed E-state index contributed by atoms with van der Waals surface area (Å²) >= 11 is 0. The lowest BCUT2D eigenvalue weighted by Gasteiger charge is -2.39. The topological polar surface area (TPSA) is 27.7 Å². The minimum Gasteiger partial charge on any atom is -0.497 e. The van der Waals surface area contributed by atoms with Gasteiger partial charge >= 0.3 is 0 Å². The average molecular weight is 291 g/mol. The van der Waals surface area contributed by atoms with Crippen LogP contribution in [0.5, 0.6) is 11.5 Å². The zero-order chi connectivity index (χ0) is 15.5. The number of ether oxygens (including phenoxy) is 3. The lowest BCUT2D eigenvalue weighted by Crippen LogP contribution is -2.36. The van der Waals surface area contributed by atoms with Gasteiger partial charge in [0.1, 0.15) is 11.5 Å². The van der Waals surface area contributed by atoms with E-state index in [1.54, 1.807) is 14.2 Å². The van der Waals surface area contributed by atoms with Crippen LogP contribution in [0.4, 0.5) is 0 Å². The summed E-state index contributed by atoms with van der Waals surface area (Å²) in [6.07, 6.45) is 3.00. The predicted molar refractivity (Wildman–Crippen MR) is 85.0 cm³/mol. The molecule has 2 atom stereocenters. The second-order valence-electron chi connectivity index (χ2n) is 6.36. The Morgan fingerprint density at radius 1 is 1.33 bits per heavy atom. The van der Waals surface area contributed by atoms with Crippen molar-refractivity contribution in [3.8, 4) is 11.5 Å². The Bertz CT molecular complexity index is 468. The molecule has 0 unspecified atom stereocenters. The molecule has 3 nitrogen and oxygen atoms in total. The van der Waals surface area contributed by atoms with E-state index in [9.17, 15) is 0 Å². The third kappa shape index (κ3) is 3.70. The Kier molecular flexibility index (Phi) is 5.15. The molecule has 0 spiro atoms. The highest BCUT2D eigenvalue weighted by molar-refractivity contribution is 5.43. The molecule has 0 N–H and O–H groups in total. The molecule has 1 heterocycles. The second-order valence-corrected chi connectivity index (χ2v) is 6.36. The third-order valence-electron chi connectivity index (χ3n) is 4.46. The summed E-state index contributed by atoms with van der Waals surface area (Å²) < 4.78 is 16.7. The SMILES string of the molecule is [CH2]C[C@H](c1ccc(OC)cc1OC)[C@H]1CCOC(C)(C)C1. The van der Waals surface area contributed by atoms with E-state index in [0.717, 1.165) is 37.4 Å². The lowest BCUT2D eigenvalue weighted by atomic mass is 9.75. The molecule has 1 saturated heterocycles. The molecule has 1 radical (unpaired) electrons. The molecule has 0 aliphatic carbocycles. The first-order valence-electron chi connectivity index (χ1n) is 7.66. The Morgan fingerprint density at radius 2 is 2.10 bits per heavy atom. The summed E-state index contributed by atoms with van der Waals surface area (Å²) in [6.45, 7) is 9.34. The van der Waals surface area contributed by atoms with Crippen LogP contribution in [-0.2, 0) is 4.74 Å². The fourth-order valence-electron chi connectivity index (χ4n) is 3.39. The monoisotopic (exact) mass is 291 g/mol. The van der Waals surface area contributed by atoms with Gasteiger partial charge < -0.3 is 14.2 Å². The molecule has 117 valence electrons. The quantitative estimate of drug-likeness (QED) is 0.813. The first kappa shape index (κ1) is 16.2. The van der Waals surface area contributed by atoms with E-state index in [1.807, 2.05) is 12.1 Å². The van der Waals surface area contributed by atoms with Crippen molar-refractivity contribution in [3.63, 3.8) is 0 Å². The molecule has 21 heavy (non-hydrogen) atoms. The number of hydrogen-bond acceptors (Lipinski definition) is 3. The fraction of sp³-hybridized carbons (Fsp3) is 0.611. The van der Waals surface area contributed by atoms with E-state index >= 15 is 0 Å². The van der Waals surface area contributed by atoms with Gasteiger partial charge in [-0.25, -0.2) is 0 Å². The third-order valence-corrected chi connectivity index (χ3v) is 4.46. The van der Waals surface area contributed by atoms with Crippen LogP contribution < -0.4 is 9.47 Å². The van der Waals surface area contributed by atoms with Gasteiger partial charge in [0.25, 0.3) is 0 Å².